The molecule has 0 amide bonds. The summed E-state index contributed by atoms with van der Waals surface area (Å²) in [6.07, 6.45) is 2.86. The molecule has 0 aliphatic rings. The fourth-order valence-electron chi connectivity index (χ4n) is 2.52. The van der Waals surface area contributed by atoms with Crippen LogP contribution in [0.25, 0.3) is 0 Å². The standard InChI is InChI=1S/C19H29N5O2S2/c1-6-15-12-21-17(27-15)13-23-18(20-5)22-11-14-9-7-8-10-16(14)28(25,26)24-19(2,3)4/h7-10,12,24H,6,11,13H2,1-5H3,(H2,20,22,23). The fraction of sp³-hybridized carbons (Fsp3) is 0.474. The van der Waals surface area contributed by atoms with Crippen molar-refractivity contribution in [3.63, 3.8) is 0 Å². The zero-order chi connectivity index (χ0) is 20.8. The molecule has 1 aromatic carbocycles. The van der Waals surface area contributed by atoms with Crippen molar-refractivity contribution in [3.05, 3.63) is 45.9 Å². The maximum Gasteiger partial charge on any atom is 0.241 e. The average molecular weight is 424 g/mol. The molecule has 1 heterocycles. The van der Waals surface area contributed by atoms with E-state index < -0.39 is 15.6 Å². The van der Waals surface area contributed by atoms with Crippen LogP contribution in [0.15, 0.2) is 40.4 Å². The van der Waals surface area contributed by atoms with Crippen LogP contribution in [0.3, 0.4) is 0 Å². The summed E-state index contributed by atoms with van der Waals surface area (Å²) in [4.78, 5) is 10.1. The lowest BCUT2D eigenvalue weighted by Gasteiger charge is -2.22. The first-order valence-electron chi connectivity index (χ1n) is 9.14. The van der Waals surface area contributed by atoms with Gasteiger partial charge in [0.25, 0.3) is 0 Å². The second-order valence-electron chi connectivity index (χ2n) is 7.32. The van der Waals surface area contributed by atoms with Gasteiger partial charge in [0.05, 0.1) is 11.4 Å². The molecular formula is C19H29N5O2S2. The van der Waals surface area contributed by atoms with Gasteiger partial charge in [-0.25, -0.2) is 18.1 Å². The topological polar surface area (TPSA) is 95.5 Å². The lowest BCUT2D eigenvalue weighted by atomic mass is 10.1. The first-order chi connectivity index (χ1) is 13.1. The molecule has 0 saturated heterocycles. The molecule has 0 spiro atoms. The molecule has 1 aromatic heterocycles. The molecule has 0 bridgehead atoms. The first kappa shape index (κ1) is 22.3. The molecule has 3 N–H and O–H groups in total. The molecule has 2 rings (SSSR count). The summed E-state index contributed by atoms with van der Waals surface area (Å²) in [6.45, 7) is 8.46. The van der Waals surface area contributed by atoms with E-state index in [4.69, 9.17) is 0 Å². The zero-order valence-electron chi connectivity index (χ0n) is 17.0. The summed E-state index contributed by atoms with van der Waals surface area (Å²) in [5.41, 5.74) is 0.117. The van der Waals surface area contributed by atoms with Crippen molar-refractivity contribution in [2.45, 2.75) is 57.6 Å². The van der Waals surface area contributed by atoms with Gasteiger partial charge in [-0.05, 0) is 38.8 Å². The number of aliphatic imine (C=N–C) groups is 1. The van der Waals surface area contributed by atoms with E-state index >= 15 is 0 Å². The Morgan fingerprint density at radius 2 is 1.86 bits per heavy atom. The van der Waals surface area contributed by atoms with Crippen LogP contribution < -0.4 is 15.4 Å². The maximum absolute atomic E-state index is 12.7. The molecule has 0 aliphatic heterocycles. The second-order valence-corrected chi connectivity index (χ2v) is 10.2. The molecule has 0 atom stereocenters. The number of hydrogen-bond acceptors (Lipinski definition) is 5. The van der Waals surface area contributed by atoms with Crippen molar-refractivity contribution in [1.82, 2.24) is 20.3 Å². The molecule has 0 unspecified atom stereocenters. The van der Waals surface area contributed by atoms with E-state index in [9.17, 15) is 8.42 Å². The Bertz CT molecular complexity index is 914. The van der Waals surface area contributed by atoms with Gasteiger partial charge in [0.15, 0.2) is 5.96 Å². The maximum atomic E-state index is 12.7. The number of nitrogens with one attached hydrogen (secondary N) is 3. The van der Waals surface area contributed by atoms with Gasteiger partial charge in [0.1, 0.15) is 5.01 Å². The summed E-state index contributed by atoms with van der Waals surface area (Å²) in [6, 6.07) is 6.96. The number of aryl methyl sites for hydroxylation is 1. The van der Waals surface area contributed by atoms with E-state index in [0.29, 0.717) is 24.6 Å². The van der Waals surface area contributed by atoms with E-state index in [2.05, 4.69) is 32.3 Å². The van der Waals surface area contributed by atoms with E-state index in [-0.39, 0.29) is 4.90 Å². The SMILES string of the molecule is CCc1cnc(CNC(=NC)NCc2ccccc2S(=O)(=O)NC(C)(C)C)s1. The van der Waals surface area contributed by atoms with Gasteiger partial charge < -0.3 is 10.6 Å². The number of benzene rings is 1. The summed E-state index contributed by atoms with van der Waals surface area (Å²) in [7, 11) is -1.94. The van der Waals surface area contributed by atoms with Gasteiger partial charge in [-0.15, -0.1) is 11.3 Å². The van der Waals surface area contributed by atoms with Crippen molar-refractivity contribution < 1.29 is 8.42 Å². The number of aromatic nitrogens is 1. The van der Waals surface area contributed by atoms with Crippen LogP contribution in [0.2, 0.25) is 0 Å². The Kier molecular flexibility index (Phi) is 7.56. The predicted molar refractivity (Wildman–Crippen MR) is 115 cm³/mol. The molecule has 0 saturated carbocycles. The zero-order valence-corrected chi connectivity index (χ0v) is 18.7. The Balaban J connectivity index is 2.05. The molecule has 154 valence electrons. The second kappa shape index (κ2) is 9.49. The van der Waals surface area contributed by atoms with Crippen molar-refractivity contribution in [2.75, 3.05) is 7.05 Å². The Labute approximate surface area is 171 Å². The van der Waals surface area contributed by atoms with Gasteiger partial charge in [-0.2, -0.15) is 0 Å². The van der Waals surface area contributed by atoms with Crippen LogP contribution in [-0.4, -0.2) is 31.9 Å². The van der Waals surface area contributed by atoms with Crippen LogP contribution in [-0.2, 0) is 29.5 Å². The summed E-state index contributed by atoms with van der Waals surface area (Å²) < 4.78 is 28.2. The lowest BCUT2D eigenvalue weighted by molar-refractivity contribution is 0.491. The van der Waals surface area contributed by atoms with E-state index in [1.165, 1.54) is 4.88 Å². The first-order valence-corrected chi connectivity index (χ1v) is 11.4. The van der Waals surface area contributed by atoms with Gasteiger partial charge in [-0.3, -0.25) is 4.99 Å². The summed E-state index contributed by atoms with van der Waals surface area (Å²) in [5, 5.41) is 7.37. The molecule has 0 radical (unpaired) electrons. The average Bonchev–Trinajstić information content (AvgIpc) is 3.08. The van der Waals surface area contributed by atoms with Crippen molar-refractivity contribution in [1.29, 1.82) is 0 Å². The lowest BCUT2D eigenvalue weighted by Crippen LogP contribution is -2.41. The molecular weight excluding hydrogens is 394 g/mol. The van der Waals surface area contributed by atoms with Crippen LogP contribution in [0.4, 0.5) is 0 Å². The number of rotatable bonds is 7. The van der Waals surface area contributed by atoms with Crippen molar-refractivity contribution in [3.8, 4) is 0 Å². The van der Waals surface area contributed by atoms with Gasteiger partial charge >= 0.3 is 0 Å². The van der Waals surface area contributed by atoms with Gasteiger partial charge in [-0.1, -0.05) is 25.1 Å². The Morgan fingerprint density at radius 1 is 1.18 bits per heavy atom. The third kappa shape index (κ3) is 6.57. The minimum Gasteiger partial charge on any atom is -0.352 e. The number of guanidine groups is 1. The van der Waals surface area contributed by atoms with E-state index in [0.717, 1.165) is 11.4 Å². The highest BCUT2D eigenvalue weighted by Crippen LogP contribution is 2.18. The van der Waals surface area contributed by atoms with Gasteiger partial charge in [0, 0.05) is 30.2 Å². The van der Waals surface area contributed by atoms with Gasteiger partial charge in [0.2, 0.25) is 10.0 Å². The normalized spacial score (nSPS) is 12.8. The largest absolute Gasteiger partial charge is 0.352 e. The highest BCUT2D eigenvalue weighted by molar-refractivity contribution is 7.89. The highest BCUT2D eigenvalue weighted by atomic mass is 32.2. The molecule has 0 aliphatic carbocycles. The third-order valence-corrected chi connectivity index (χ3v) is 6.73. The highest BCUT2D eigenvalue weighted by Gasteiger charge is 2.24. The van der Waals surface area contributed by atoms with Crippen molar-refractivity contribution >= 4 is 27.3 Å². The molecule has 0 fully saturated rings. The number of nitrogens with zero attached hydrogens (tertiary/aromatic N) is 2. The molecule has 9 heteroatoms. The third-order valence-electron chi connectivity index (χ3n) is 3.73. The number of hydrogen-bond donors (Lipinski definition) is 3. The van der Waals surface area contributed by atoms with Crippen LogP contribution in [0.5, 0.6) is 0 Å². The monoisotopic (exact) mass is 423 g/mol. The van der Waals surface area contributed by atoms with Crippen LogP contribution >= 0.6 is 11.3 Å². The Hall–Kier alpha value is -1.97. The van der Waals surface area contributed by atoms with E-state index in [1.54, 1.807) is 36.6 Å². The number of thiazole rings is 1. The molecule has 2 aromatic rings. The molecule has 28 heavy (non-hydrogen) atoms. The smallest absolute Gasteiger partial charge is 0.241 e. The number of sulfonamides is 1. The Morgan fingerprint density at radius 3 is 2.46 bits per heavy atom. The quantitative estimate of drug-likeness (QED) is 0.470. The van der Waals surface area contributed by atoms with Crippen LogP contribution in [0, 0.1) is 0 Å². The van der Waals surface area contributed by atoms with E-state index in [1.807, 2.05) is 33.0 Å². The summed E-state index contributed by atoms with van der Waals surface area (Å²) >= 11 is 1.67. The fourth-order valence-corrected chi connectivity index (χ4v) is 4.98. The minimum absolute atomic E-state index is 0.264. The molecule has 7 nitrogen and oxygen atoms in total. The minimum atomic E-state index is -3.62. The predicted octanol–water partition coefficient (Wildman–Crippen LogP) is 2.65. The van der Waals surface area contributed by atoms with Crippen molar-refractivity contribution in [2.24, 2.45) is 4.99 Å². The van der Waals surface area contributed by atoms with Crippen LogP contribution in [0.1, 0.15) is 43.1 Å². The summed E-state index contributed by atoms with van der Waals surface area (Å²) in [5.74, 6) is 0.587.